The minimum absolute atomic E-state index is 0.718. The summed E-state index contributed by atoms with van der Waals surface area (Å²) in [4.78, 5) is 15.4. The van der Waals surface area contributed by atoms with Gasteiger partial charge in [0, 0.05) is 58.4 Å². The van der Waals surface area contributed by atoms with Gasteiger partial charge in [0.05, 0.1) is 22.4 Å². The van der Waals surface area contributed by atoms with Gasteiger partial charge in [-0.2, -0.15) is 0 Å². The highest BCUT2D eigenvalue weighted by Crippen LogP contribution is 2.43. The molecule has 0 aliphatic carbocycles. The van der Waals surface area contributed by atoms with E-state index in [0.717, 1.165) is 61.4 Å². The summed E-state index contributed by atoms with van der Waals surface area (Å²) >= 11 is 1.87. The van der Waals surface area contributed by atoms with Crippen LogP contribution < -0.4 is 0 Å². The van der Waals surface area contributed by atoms with Gasteiger partial charge in [0.2, 0.25) is 0 Å². The lowest BCUT2D eigenvalue weighted by Gasteiger charge is -2.12. The number of nitrogens with zero attached hydrogens (tertiary/aromatic N) is 3. The largest absolute Gasteiger partial charge is 0.247 e. The van der Waals surface area contributed by atoms with Gasteiger partial charge in [0.25, 0.3) is 0 Å². The molecule has 0 aliphatic rings. The number of rotatable bonds is 5. The molecule has 0 amide bonds. The Morgan fingerprint density at radius 3 is 1.44 bits per heavy atom. The fourth-order valence-corrected chi connectivity index (χ4v) is 9.21. The molecule has 0 saturated carbocycles. The molecule has 0 bridgehead atoms. The van der Waals surface area contributed by atoms with E-state index < -0.39 is 0 Å². The fraction of sp³-hybridized carbons (Fsp3) is 0. The maximum atomic E-state index is 5.25. The van der Waals surface area contributed by atoms with Crippen molar-refractivity contribution in [2.75, 3.05) is 0 Å². The summed E-state index contributed by atoms with van der Waals surface area (Å²) in [6.07, 6.45) is 0. The standard InChI is InChI=1S/C51H31N3S/c1-2-10-32(11-3-1)33-22-28-38(29-23-33)51-53-45-16-8-5-14-42(45)48(54-51)36-24-18-34(19-25-36)35-20-26-37(27-21-35)49-43-31-30-40-39-12-6-9-17-46(39)55-50(40)47(43)41-13-4-7-15-44(41)52-49/h1-31H. The number of para-hydroxylation sites is 2. The van der Waals surface area contributed by atoms with E-state index in [1.165, 1.54) is 47.5 Å². The molecule has 3 aromatic heterocycles. The zero-order valence-corrected chi connectivity index (χ0v) is 30.5. The van der Waals surface area contributed by atoms with Gasteiger partial charge >= 0.3 is 0 Å². The number of benzene rings is 8. The van der Waals surface area contributed by atoms with Crippen molar-refractivity contribution in [1.29, 1.82) is 0 Å². The van der Waals surface area contributed by atoms with Crippen molar-refractivity contribution in [2.24, 2.45) is 0 Å². The topological polar surface area (TPSA) is 38.7 Å². The van der Waals surface area contributed by atoms with Crippen molar-refractivity contribution < 1.29 is 0 Å². The molecule has 256 valence electrons. The van der Waals surface area contributed by atoms with Crippen molar-refractivity contribution >= 4 is 64.1 Å². The second-order valence-corrected chi connectivity index (χ2v) is 15.0. The smallest absolute Gasteiger partial charge is 0.160 e. The first-order valence-electron chi connectivity index (χ1n) is 18.5. The lowest BCUT2D eigenvalue weighted by atomic mass is 9.96. The van der Waals surface area contributed by atoms with Crippen LogP contribution in [0.25, 0.3) is 109 Å². The predicted octanol–water partition coefficient (Wildman–Crippen LogP) is 14.0. The molecule has 0 aliphatic heterocycles. The Bertz CT molecular complexity index is 3220. The number of hydrogen-bond donors (Lipinski definition) is 0. The molecule has 55 heavy (non-hydrogen) atoms. The number of pyridine rings is 1. The molecule has 11 rings (SSSR count). The normalized spacial score (nSPS) is 11.6. The van der Waals surface area contributed by atoms with E-state index in [1.54, 1.807) is 0 Å². The summed E-state index contributed by atoms with van der Waals surface area (Å²) in [5.74, 6) is 0.718. The molecule has 4 heteroatoms. The molecule has 0 radical (unpaired) electrons. The van der Waals surface area contributed by atoms with Crippen molar-refractivity contribution in [3.63, 3.8) is 0 Å². The second kappa shape index (κ2) is 12.8. The second-order valence-electron chi connectivity index (χ2n) is 14.0. The number of aromatic nitrogens is 3. The summed E-state index contributed by atoms with van der Waals surface area (Å²) in [6.45, 7) is 0. The van der Waals surface area contributed by atoms with Crippen molar-refractivity contribution in [1.82, 2.24) is 15.0 Å². The monoisotopic (exact) mass is 717 g/mol. The van der Waals surface area contributed by atoms with E-state index in [4.69, 9.17) is 15.0 Å². The third-order valence-corrected chi connectivity index (χ3v) is 11.9. The number of fused-ring (bicyclic) bond motifs is 8. The molecular weight excluding hydrogens is 687 g/mol. The summed E-state index contributed by atoms with van der Waals surface area (Å²) in [5, 5.41) is 7.30. The lowest BCUT2D eigenvalue weighted by Crippen LogP contribution is -1.95. The Kier molecular flexibility index (Phi) is 7.35. The van der Waals surface area contributed by atoms with Gasteiger partial charge in [-0.3, -0.25) is 0 Å². The molecular formula is C51H31N3S. The first kappa shape index (κ1) is 31.5. The first-order valence-corrected chi connectivity index (χ1v) is 19.3. The first-order chi connectivity index (χ1) is 27.2. The van der Waals surface area contributed by atoms with E-state index in [0.29, 0.717) is 0 Å². The van der Waals surface area contributed by atoms with E-state index >= 15 is 0 Å². The van der Waals surface area contributed by atoms with Gasteiger partial charge in [0.15, 0.2) is 5.82 Å². The van der Waals surface area contributed by atoms with E-state index in [2.05, 4.69) is 176 Å². The van der Waals surface area contributed by atoms with E-state index in [1.807, 2.05) is 23.5 Å². The zero-order chi connectivity index (χ0) is 36.3. The lowest BCUT2D eigenvalue weighted by molar-refractivity contribution is 1.23. The van der Waals surface area contributed by atoms with Gasteiger partial charge in [-0.1, -0.05) is 170 Å². The summed E-state index contributed by atoms with van der Waals surface area (Å²) in [6, 6.07) is 66.6. The molecule has 3 nitrogen and oxygen atoms in total. The molecule has 0 unspecified atom stereocenters. The maximum Gasteiger partial charge on any atom is 0.160 e. The predicted molar refractivity (Wildman–Crippen MR) is 232 cm³/mol. The van der Waals surface area contributed by atoms with Crippen LogP contribution in [0.5, 0.6) is 0 Å². The average Bonchev–Trinajstić information content (AvgIpc) is 3.65. The quantitative estimate of drug-likeness (QED) is 0.166. The number of hydrogen-bond acceptors (Lipinski definition) is 4. The fourth-order valence-electron chi connectivity index (χ4n) is 7.95. The molecule has 0 N–H and O–H groups in total. The molecule has 3 heterocycles. The highest BCUT2D eigenvalue weighted by atomic mass is 32.1. The number of thiophene rings is 1. The van der Waals surface area contributed by atoms with Gasteiger partial charge in [-0.15, -0.1) is 11.3 Å². The Morgan fingerprint density at radius 2 is 0.764 bits per heavy atom. The van der Waals surface area contributed by atoms with Crippen LogP contribution in [0.1, 0.15) is 0 Å². The molecule has 0 fully saturated rings. The highest BCUT2D eigenvalue weighted by molar-refractivity contribution is 7.26. The Labute approximate surface area is 321 Å². The summed E-state index contributed by atoms with van der Waals surface area (Å²) in [7, 11) is 0. The minimum Gasteiger partial charge on any atom is -0.247 e. The van der Waals surface area contributed by atoms with Gasteiger partial charge in [-0.05, 0) is 40.5 Å². The average molecular weight is 718 g/mol. The summed E-state index contributed by atoms with van der Waals surface area (Å²) in [5.41, 5.74) is 11.7. The van der Waals surface area contributed by atoms with Gasteiger partial charge < -0.3 is 0 Å². The molecule has 11 aromatic rings. The van der Waals surface area contributed by atoms with Gasteiger partial charge in [0.1, 0.15) is 0 Å². The van der Waals surface area contributed by atoms with Crippen molar-refractivity contribution in [2.45, 2.75) is 0 Å². The van der Waals surface area contributed by atoms with E-state index in [-0.39, 0.29) is 0 Å². The third-order valence-electron chi connectivity index (χ3n) is 10.7. The Balaban J connectivity index is 0.948. The minimum atomic E-state index is 0.718. The van der Waals surface area contributed by atoms with Crippen LogP contribution in [0.15, 0.2) is 188 Å². The Hall–Kier alpha value is -7.01. The third kappa shape index (κ3) is 5.38. The SMILES string of the molecule is c1ccc(-c2ccc(-c3nc(-c4ccc(-c5ccc(-c6nc7ccccc7c7c6ccc6c8ccccc8sc67)cc5)cc4)c4ccccc4n3)cc2)cc1. The van der Waals surface area contributed by atoms with Crippen LogP contribution in [0.2, 0.25) is 0 Å². The maximum absolute atomic E-state index is 5.25. The molecule has 0 saturated heterocycles. The van der Waals surface area contributed by atoms with Crippen LogP contribution in [0.3, 0.4) is 0 Å². The van der Waals surface area contributed by atoms with Crippen LogP contribution in [0.4, 0.5) is 0 Å². The Morgan fingerprint density at radius 1 is 0.291 bits per heavy atom. The van der Waals surface area contributed by atoms with Crippen LogP contribution >= 0.6 is 11.3 Å². The molecule has 0 atom stereocenters. The van der Waals surface area contributed by atoms with Crippen LogP contribution in [-0.2, 0) is 0 Å². The van der Waals surface area contributed by atoms with Crippen LogP contribution in [-0.4, -0.2) is 15.0 Å². The molecule has 0 spiro atoms. The zero-order valence-electron chi connectivity index (χ0n) is 29.6. The molecule has 8 aromatic carbocycles. The van der Waals surface area contributed by atoms with Crippen molar-refractivity contribution in [3.8, 4) is 56.2 Å². The summed E-state index contributed by atoms with van der Waals surface area (Å²) < 4.78 is 2.63. The highest BCUT2D eigenvalue weighted by Gasteiger charge is 2.17. The van der Waals surface area contributed by atoms with Gasteiger partial charge in [-0.25, -0.2) is 15.0 Å². The van der Waals surface area contributed by atoms with E-state index in [9.17, 15) is 0 Å². The van der Waals surface area contributed by atoms with Crippen LogP contribution in [0, 0.1) is 0 Å². The van der Waals surface area contributed by atoms with Crippen molar-refractivity contribution in [3.05, 3.63) is 188 Å².